The summed E-state index contributed by atoms with van der Waals surface area (Å²) in [6.07, 6.45) is 1.39. The van der Waals surface area contributed by atoms with Gasteiger partial charge < -0.3 is 9.42 Å². The lowest BCUT2D eigenvalue weighted by Gasteiger charge is -2.20. The van der Waals surface area contributed by atoms with Gasteiger partial charge in [-0.1, -0.05) is 29.4 Å². The number of carbonyl (C=O) groups is 1. The van der Waals surface area contributed by atoms with E-state index in [0.717, 1.165) is 42.3 Å². The van der Waals surface area contributed by atoms with Crippen LogP contribution in [0.3, 0.4) is 0 Å². The number of benzene rings is 1. The maximum atomic E-state index is 12.7. The van der Waals surface area contributed by atoms with Crippen molar-refractivity contribution < 1.29 is 9.32 Å². The first-order valence-corrected chi connectivity index (χ1v) is 9.48. The molecule has 2 aromatic rings. The zero-order chi connectivity index (χ0) is 17.1. The minimum Gasteiger partial charge on any atom is -0.361 e. The van der Waals surface area contributed by atoms with Gasteiger partial charge in [0.1, 0.15) is 5.76 Å². The van der Waals surface area contributed by atoms with Gasteiger partial charge in [0, 0.05) is 29.7 Å². The maximum absolute atomic E-state index is 12.7. The van der Waals surface area contributed by atoms with E-state index in [9.17, 15) is 4.79 Å². The van der Waals surface area contributed by atoms with Crippen molar-refractivity contribution in [3.63, 3.8) is 0 Å². The van der Waals surface area contributed by atoms with Crippen LogP contribution in [0.4, 0.5) is 0 Å². The third-order valence-electron chi connectivity index (χ3n) is 4.74. The highest BCUT2D eigenvalue weighted by Crippen LogP contribution is 2.36. The molecule has 2 heterocycles. The zero-order valence-electron chi connectivity index (χ0n) is 14.5. The van der Waals surface area contributed by atoms with Gasteiger partial charge in [0.05, 0.1) is 12.1 Å². The van der Waals surface area contributed by atoms with Crippen molar-refractivity contribution >= 4 is 17.7 Å². The van der Waals surface area contributed by atoms with E-state index in [-0.39, 0.29) is 5.91 Å². The summed E-state index contributed by atoms with van der Waals surface area (Å²) in [6, 6.07) is 8.57. The number of thioether (sulfide) groups is 1. The fourth-order valence-corrected chi connectivity index (χ4v) is 4.56. The standard InChI is InChI=1S/C19H24N2O2S/c1-13-6-4-5-7-16(13)18-8-9-21(10-11-24-18)19(22)12-17-14(2)20-23-15(17)3/h4-7,18H,8-12H2,1-3H3. The normalized spacial score (nSPS) is 18.5. The molecule has 0 N–H and O–H groups in total. The van der Waals surface area contributed by atoms with E-state index in [1.54, 1.807) is 0 Å². The summed E-state index contributed by atoms with van der Waals surface area (Å²) in [7, 11) is 0. The summed E-state index contributed by atoms with van der Waals surface area (Å²) < 4.78 is 5.17. The van der Waals surface area contributed by atoms with Gasteiger partial charge in [0.2, 0.25) is 5.91 Å². The minimum atomic E-state index is 0.176. The molecule has 1 unspecified atom stereocenters. The fraction of sp³-hybridized carbons (Fsp3) is 0.474. The van der Waals surface area contributed by atoms with Crippen LogP contribution in [0.5, 0.6) is 0 Å². The quantitative estimate of drug-likeness (QED) is 0.848. The predicted octanol–water partition coefficient (Wildman–Crippen LogP) is 3.85. The molecule has 24 heavy (non-hydrogen) atoms. The van der Waals surface area contributed by atoms with Crippen molar-refractivity contribution in [1.29, 1.82) is 0 Å². The van der Waals surface area contributed by atoms with Crippen LogP contribution in [0, 0.1) is 20.8 Å². The van der Waals surface area contributed by atoms with Crippen LogP contribution in [0.1, 0.15) is 39.8 Å². The second kappa shape index (κ2) is 7.43. The Kier molecular flexibility index (Phi) is 5.29. The van der Waals surface area contributed by atoms with Crippen LogP contribution >= 0.6 is 11.8 Å². The van der Waals surface area contributed by atoms with E-state index >= 15 is 0 Å². The van der Waals surface area contributed by atoms with E-state index in [1.165, 1.54) is 11.1 Å². The highest BCUT2D eigenvalue weighted by atomic mass is 32.2. The number of nitrogens with zero attached hydrogens (tertiary/aromatic N) is 2. The third-order valence-corrected chi connectivity index (χ3v) is 6.05. The molecule has 1 aliphatic heterocycles. The maximum Gasteiger partial charge on any atom is 0.227 e. The van der Waals surface area contributed by atoms with Gasteiger partial charge in [-0.3, -0.25) is 4.79 Å². The molecular weight excluding hydrogens is 320 g/mol. The Morgan fingerprint density at radius 3 is 2.79 bits per heavy atom. The number of aromatic nitrogens is 1. The minimum absolute atomic E-state index is 0.176. The Morgan fingerprint density at radius 2 is 2.08 bits per heavy atom. The zero-order valence-corrected chi connectivity index (χ0v) is 15.4. The van der Waals surface area contributed by atoms with E-state index in [4.69, 9.17) is 4.52 Å². The van der Waals surface area contributed by atoms with Crippen molar-refractivity contribution in [2.45, 2.75) is 38.9 Å². The molecule has 0 spiro atoms. The lowest BCUT2D eigenvalue weighted by atomic mass is 10.0. The van der Waals surface area contributed by atoms with Gasteiger partial charge in [0.25, 0.3) is 0 Å². The Balaban J connectivity index is 1.65. The Hall–Kier alpha value is -1.75. The fourth-order valence-electron chi connectivity index (χ4n) is 3.23. The van der Waals surface area contributed by atoms with E-state index < -0.39 is 0 Å². The van der Waals surface area contributed by atoms with E-state index in [1.807, 2.05) is 30.5 Å². The summed E-state index contributed by atoms with van der Waals surface area (Å²) in [5, 5.41) is 4.42. The predicted molar refractivity (Wildman–Crippen MR) is 97.3 cm³/mol. The van der Waals surface area contributed by atoms with Gasteiger partial charge in [0.15, 0.2) is 0 Å². The number of hydrogen-bond donors (Lipinski definition) is 0. The van der Waals surface area contributed by atoms with Gasteiger partial charge in [-0.15, -0.1) is 0 Å². The van der Waals surface area contributed by atoms with Crippen molar-refractivity contribution in [3.05, 3.63) is 52.4 Å². The topological polar surface area (TPSA) is 46.3 Å². The summed E-state index contributed by atoms with van der Waals surface area (Å²) in [6.45, 7) is 7.56. The molecule has 5 heteroatoms. The number of carbonyl (C=O) groups excluding carboxylic acids is 1. The molecule has 1 fully saturated rings. The van der Waals surface area contributed by atoms with Crippen LogP contribution in [0.15, 0.2) is 28.8 Å². The summed E-state index contributed by atoms with van der Waals surface area (Å²) in [5.41, 5.74) is 4.50. The average Bonchev–Trinajstić information content (AvgIpc) is 2.79. The van der Waals surface area contributed by atoms with Gasteiger partial charge >= 0.3 is 0 Å². The Bertz CT molecular complexity index is 706. The molecule has 1 aliphatic rings. The van der Waals surface area contributed by atoms with Crippen LogP contribution in [0.25, 0.3) is 0 Å². The first-order valence-electron chi connectivity index (χ1n) is 8.43. The van der Waals surface area contributed by atoms with Gasteiger partial charge in [-0.05, 0) is 38.3 Å². The second-order valence-electron chi connectivity index (χ2n) is 6.36. The molecular formula is C19H24N2O2S. The molecule has 1 aromatic heterocycles. The second-order valence-corrected chi connectivity index (χ2v) is 7.68. The SMILES string of the molecule is Cc1ccccc1C1CCN(C(=O)Cc2c(C)noc2C)CCS1. The van der Waals surface area contributed by atoms with Crippen molar-refractivity contribution in [2.24, 2.45) is 0 Å². The van der Waals surface area contributed by atoms with Gasteiger partial charge in [-0.2, -0.15) is 11.8 Å². The van der Waals surface area contributed by atoms with Crippen LogP contribution in [-0.4, -0.2) is 34.8 Å². The van der Waals surface area contributed by atoms with E-state index in [0.29, 0.717) is 11.7 Å². The summed E-state index contributed by atoms with van der Waals surface area (Å²) >= 11 is 1.96. The first-order chi connectivity index (χ1) is 11.6. The van der Waals surface area contributed by atoms with Crippen molar-refractivity contribution in [1.82, 2.24) is 10.1 Å². The molecule has 1 atom stereocenters. The number of rotatable bonds is 3. The average molecular weight is 344 g/mol. The molecule has 0 radical (unpaired) electrons. The largest absolute Gasteiger partial charge is 0.361 e. The monoisotopic (exact) mass is 344 g/mol. The van der Waals surface area contributed by atoms with Crippen molar-refractivity contribution in [3.8, 4) is 0 Å². The van der Waals surface area contributed by atoms with Crippen LogP contribution in [0.2, 0.25) is 0 Å². The van der Waals surface area contributed by atoms with Crippen LogP contribution < -0.4 is 0 Å². The van der Waals surface area contributed by atoms with Gasteiger partial charge in [-0.25, -0.2) is 0 Å². The number of amides is 1. The number of hydrogen-bond acceptors (Lipinski definition) is 4. The van der Waals surface area contributed by atoms with Crippen LogP contribution in [-0.2, 0) is 11.2 Å². The Labute approximate surface area is 147 Å². The molecule has 1 saturated heterocycles. The summed E-state index contributed by atoms with van der Waals surface area (Å²) in [4.78, 5) is 14.7. The lowest BCUT2D eigenvalue weighted by molar-refractivity contribution is -0.130. The summed E-state index contributed by atoms with van der Waals surface area (Å²) in [5.74, 6) is 1.91. The highest BCUT2D eigenvalue weighted by Gasteiger charge is 2.24. The first kappa shape index (κ1) is 17.1. The molecule has 0 bridgehead atoms. The number of aryl methyl sites for hydroxylation is 3. The smallest absolute Gasteiger partial charge is 0.227 e. The highest BCUT2D eigenvalue weighted by molar-refractivity contribution is 7.99. The molecule has 128 valence electrons. The van der Waals surface area contributed by atoms with E-state index in [2.05, 4.69) is 36.3 Å². The molecule has 0 aliphatic carbocycles. The molecule has 1 amide bonds. The molecule has 4 nitrogen and oxygen atoms in total. The molecule has 3 rings (SSSR count). The molecule has 1 aromatic carbocycles. The third kappa shape index (κ3) is 3.66. The lowest BCUT2D eigenvalue weighted by Crippen LogP contribution is -2.34. The van der Waals surface area contributed by atoms with Crippen molar-refractivity contribution in [2.75, 3.05) is 18.8 Å². The Morgan fingerprint density at radius 1 is 1.29 bits per heavy atom. The molecule has 0 saturated carbocycles.